The van der Waals surface area contributed by atoms with E-state index in [0.29, 0.717) is 12.0 Å². The molecule has 0 radical (unpaired) electrons. The van der Waals surface area contributed by atoms with E-state index in [1.54, 1.807) is 12.3 Å². The van der Waals surface area contributed by atoms with Gasteiger partial charge >= 0.3 is 5.97 Å². The van der Waals surface area contributed by atoms with Gasteiger partial charge < -0.3 is 4.74 Å². The molecule has 1 aromatic heterocycles. The summed E-state index contributed by atoms with van der Waals surface area (Å²) >= 11 is 1.03. The summed E-state index contributed by atoms with van der Waals surface area (Å²) in [5.41, 5.74) is 0.498. The molecule has 0 saturated heterocycles. The van der Waals surface area contributed by atoms with Gasteiger partial charge in [0, 0.05) is 13.0 Å². The average Bonchev–Trinajstić information content (AvgIpc) is 2.76. The van der Waals surface area contributed by atoms with E-state index < -0.39 is 16.0 Å². The normalized spacial score (nSPS) is 11.0. The van der Waals surface area contributed by atoms with Crippen molar-refractivity contribution in [3.63, 3.8) is 0 Å². The second-order valence-corrected chi connectivity index (χ2v) is 6.31. The van der Waals surface area contributed by atoms with Gasteiger partial charge in [-0.05, 0) is 24.3 Å². The third kappa shape index (κ3) is 3.76. The van der Waals surface area contributed by atoms with Crippen LogP contribution in [0.4, 0.5) is 0 Å². The Kier molecular flexibility index (Phi) is 5.47. The van der Waals surface area contributed by atoms with E-state index >= 15 is 0 Å². The number of nitriles is 1. The first-order valence-corrected chi connectivity index (χ1v) is 7.83. The largest absolute Gasteiger partial charge is 0.465 e. The number of carbonyl (C=O) groups is 1. The number of sulfonamides is 1. The monoisotopic (exact) mass is 302 g/mol. The van der Waals surface area contributed by atoms with Gasteiger partial charge in [0.15, 0.2) is 0 Å². The maximum absolute atomic E-state index is 12.1. The Morgan fingerprint density at radius 3 is 2.84 bits per heavy atom. The molecule has 8 heteroatoms. The molecule has 0 unspecified atom stereocenters. The van der Waals surface area contributed by atoms with E-state index in [-0.39, 0.29) is 22.7 Å². The van der Waals surface area contributed by atoms with Crippen molar-refractivity contribution in [2.24, 2.45) is 0 Å². The Bertz CT molecular complexity index is 599. The van der Waals surface area contributed by atoms with Crippen molar-refractivity contribution in [1.29, 1.82) is 5.26 Å². The van der Waals surface area contributed by atoms with Crippen LogP contribution >= 0.6 is 11.3 Å². The molecule has 0 aromatic carbocycles. The van der Waals surface area contributed by atoms with Crippen LogP contribution in [0.15, 0.2) is 10.3 Å². The summed E-state index contributed by atoms with van der Waals surface area (Å²) in [5, 5.41) is 9.98. The van der Waals surface area contributed by atoms with E-state index in [9.17, 15) is 13.2 Å². The molecule has 1 aromatic rings. The molecule has 0 saturated carbocycles. The predicted octanol–water partition coefficient (Wildman–Crippen LogP) is 1.43. The van der Waals surface area contributed by atoms with Gasteiger partial charge in [0.05, 0.1) is 13.2 Å². The molecule has 0 aliphatic carbocycles. The number of thiophene rings is 1. The molecule has 19 heavy (non-hydrogen) atoms. The molecule has 0 amide bonds. The molecule has 0 spiro atoms. The fourth-order valence-corrected chi connectivity index (χ4v) is 4.22. The highest BCUT2D eigenvalue weighted by Crippen LogP contribution is 2.27. The summed E-state index contributed by atoms with van der Waals surface area (Å²) < 4.78 is 31.2. The highest BCUT2D eigenvalue weighted by molar-refractivity contribution is 7.89. The molecule has 0 fully saturated rings. The summed E-state index contributed by atoms with van der Waals surface area (Å²) in [6.07, 6.45) is 0.696. The zero-order chi connectivity index (χ0) is 14.5. The van der Waals surface area contributed by atoms with E-state index in [0.717, 1.165) is 11.3 Å². The molecule has 1 heterocycles. The van der Waals surface area contributed by atoms with Crippen LogP contribution in [0.2, 0.25) is 0 Å². The maximum Gasteiger partial charge on any atom is 0.349 e. The summed E-state index contributed by atoms with van der Waals surface area (Å²) in [4.78, 5) is 11.5. The standard InChI is InChI=1S/C11H14N2O4S2/c1-8-7-18-9(11(14)17-2)10(8)19(15,16)13-6-4-3-5-12/h7,13H,3-4,6H2,1-2H3. The third-order valence-corrected chi connectivity index (χ3v) is 5.17. The number of methoxy groups -OCH3 is 1. The lowest BCUT2D eigenvalue weighted by molar-refractivity contribution is 0.0602. The Labute approximate surface area is 116 Å². The quantitative estimate of drug-likeness (QED) is 0.633. The number of aryl methyl sites for hydroxylation is 1. The Balaban J connectivity index is 2.98. The van der Waals surface area contributed by atoms with Gasteiger partial charge in [0.2, 0.25) is 10.0 Å². The van der Waals surface area contributed by atoms with Gasteiger partial charge in [-0.2, -0.15) is 5.26 Å². The molecule has 0 atom stereocenters. The van der Waals surface area contributed by atoms with E-state index in [1.165, 1.54) is 7.11 Å². The number of nitrogens with one attached hydrogen (secondary N) is 1. The van der Waals surface area contributed by atoms with Crippen LogP contribution in [-0.4, -0.2) is 28.0 Å². The molecule has 6 nitrogen and oxygen atoms in total. The minimum absolute atomic E-state index is 0.0405. The summed E-state index contributed by atoms with van der Waals surface area (Å²) in [7, 11) is -2.56. The second kappa shape index (κ2) is 6.65. The number of esters is 1. The zero-order valence-electron chi connectivity index (χ0n) is 10.6. The van der Waals surface area contributed by atoms with Gasteiger partial charge in [-0.1, -0.05) is 0 Å². The number of nitrogens with zero attached hydrogens (tertiary/aromatic N) is 1. The highest BCUT2D eigenvalue weighted by Gasteiger charge is 2.26. The smallest absolute Gasteiger partial charge is 0.349 e. The SMILES string of the molecule is COC(=O)c1scc(C)c1S(=O)(=O)NCCCC#N. The molecule has 1 rings (SSSR count). The molecular weight excluding hydrogens is 288 g/mol. The van der Waals surface area contributed by atoms with Crippen molar-refractivity contribution in [2.45, 2.75) is 24.7 Å². The topological polar surface area (TPSA) is 96.3 Å². The third-order valence-electron chi connectivity index (χ3n) is 2.31. The molecule has 0 bridgehead atoms. The van der Waals surface area contributed by atoms with Crippen LogP contribution in [0.3, 0.4) is 0 Å². The van der Waals surface area contributed by atoms with E-state index in [2.05, 4.69) is 9.46 Å². The second-order valence-electron chi connectivity index (χ2n) is 3.73. The summed E-state index contributed by atoms with van der Waals surface area (Å²) in [5.74, 6) is -0.671. The minimum atomic E-state index is -3.76. The number of ether oxygens (including phenoxy) is 1. The summed E-state index contributed by atoms with van der Waals surface area (Å²) in [6.45, 7) is 1.78. The first-order chi connectivity index (χ1) is 8.94. The zero-order valence-corrected chi connectivity index (χ0v) is 12.2. The van der Waals surface area contributed by atoms with Crippen molar-refractivity contribution in [2.75, 3.05) is 13.7 Å². The van der Waals surface area contributed by atoms with E-state index in [1.807, 2.05) is 6.07 Å². The lowest BCUT2D eigenvalue weighted by Gasteiger charge is -2.07. The van der Waals surface area contributed by atoms with Crippen LogP contribution in [0.5, 0.6) is 0 Å². The fraction of sp³-hybridized carbons (Fsp3) is 0.455. The van der Waals surface area contributed by atoms with Gasteiger partial charge in [-0.15, -0.1) is 11.3 Å². The van der Waals surface area contributed by atoms with Crippen LogP contribution in [0.25, 0.3) is 0 Å². The van der Waals surface area contributed by atoms with Crippen molar-refractivity contribution in [3.8, 4) is 6.07 Å². The number of unbranched alkanes of at least 4 members (excludes halogenated alkanes) is 1. The minimum Gasteiger partial charge on any atom is -0.465 e. The van der Waals surface area contributed by atoms with Crippen molar-refractivity contribution >= 4 is 27.3 Å². The summed E-state index contributed by atoms with van der Waals surface area (Å²) in [6, 6.07) is 1.93. The first kappa shape index (κ1) is 15.6. The van der Waals surface area contributed by atoms with E-state index in [4.69, 9.17) is 5.26 Å². The number of hydrogen-bond acceptors (Lipinski definition) is 6. The predicted molar refractivity (Wildman–Crippen MR) is 70.4 cm³/mol. The van der Waals surface area contributed by atoms with Crippen molar-refractivity contribution in [3.05, 3.63) is 15.8 Å². The van der Waals surface area contributed by atoms with Crippen molar-refractivity contribution in [1.82, 2.24) is 4.72 Å². The van der Waals surface area contributed by atoms with Crippen LogP contribution in [-0.2, 0) is 14.8 Å². The Morgan fingerprint density at radius 1 is 1.58 bits per heavy atom. The van der Waals surface area contributed by atoms with Crippen LogP contribution in [0, 0.1) is 18.3 Å². The number of rotatable bonds is 6. The van der Waals surface area contributed by atoms with Crippen LogP contribution in [0.1, 0.15) is 28.1 Å². The van der Waals surface area contributed by atoms with Gasteiger partial charge in [0.1, 0.15) is 9.77 Å². The lowest BCUT2D eigenvalue weighted by Crippen LogP contribution is -2.26. The molecular formula is C11H14N2O4S2. The van der Waals surface area contributed by atoms with Gasteiger partial charge in [-0.3, -0.25) is 0 Å². The average molecular weight is 302 g/mol. The van der Waals surface area contributed by atoms with Crippen molar-refractivity contribution < 1.29 is 17.9 Å². The van der Waals surface area contributed by atoms with Crippen LogP contribution < -0.4 is 4.72 Å². The molecule has 0 aliphatic heterocycles. The first-order valence-electron chi connectivity index (χ1n) is 5.47. The molecule has 1 N–H and O–H groups in total. The number of carbonyl (C=O) groups excluding carboxylic acids is 1. The molecule has 0 aliphatic rings. The van der Waals surface area contributed by atoms with Gasteiger partial charge in [-0.25, -0.2) is 17.9 Å². The Hall–Kier alpha value is -1.43. The maximum atomic E-state index is 12.1. The fourth-order valence-electron chi connectivity index (χ4n) is 1.45. The lowest BCUT2D eigenvalue weighted by atomic mass is 10.3. The number of hydrogen-bond donors (Lipinski definition) is 1. The highest BCUT2D eigenvalue weighted by atomic mass is 32.2. The Morgan fingerprint density at radius 2 is 2.26 bits per heavy atom. The van der Waals surface area contributed by atoms with Gasteiger partial charge in [0.25, 0.3) is 0 Å². The molecule has 104 valence electrons.